The fourth-order valence-corrected chi connectivity index (χ4v) is 2.02. The molecule has 1 aromatic rings. The predicted molar refractivity (Wildman–Crippen MR) is 45.6 cm³/mol. The third-order valence-electron chi connectivity index (χ3n) is 1.14. The Balaban J connectivity index is 2.61. The van der Waals surface area contributed by atoms with Crippen LogP contribution < -0.4 is 0 Å². The van der Waals surface area contributed by atoms with Gasteiger partial charge in [0.2, 0.25) is 0 Å². The minimum absolute atomic E-state index is 1.12. The lowest BCUT2D eigenvalue weighted by molar-refractivity contribution is 0.940. The summed E-state index contributed by atoms with van der Waals surface area (Å²) in [7, 11) is 0. The third-order valence-corrected chi connectivity index (χ3v) is 2.51. The molecule has 0 N–H and O–H groups in total. The molecule has 0 aliphatic heterocycles. The van der Waals surface area contributed by atoms with Crippen molar-refractivity contribution < 1.29 is 0 Å². The molecule has 0 spiro atoms. The van der Waals surface area contributed by atoms with Crippen LogP contribution in [0.1, 0.15) is 18.2 Å². The van der Waals surface area contributed by atoms with Gasteiger partial charge in [-0.15, -0.1) is 24.0 Å². The SMILES string of the molecule is CCCc1ccc(S)s1. The number of hydrogen-bond donors (Lipinski definition) is 1. The summed E-state index contributed by atoms with van der Waals surface area (Å²) in [6.45, 7) is 2.19. The summed E-state index contributed by atoms with van der Waals surface area (Å²) in [5.41, 5.74) is 0. The zero-order chi connectivity index (χ0) is 6.69. The smallest absolute Gasteiger partial charge is 0.0570 e. The van der Waals surface area contributed by atoms with E-state index >= 15 is 0 Å². The van der Waals surface area contributed by atoms with Crippen LogP contribution in [0.25, 0.3) is 0 Å². The molecule has 2 heteroatoms. The van der Waals surface area contributed by atoms with Crippen molar-refractivity contribution in [2.24, 2.45) is 0 Å². The zero-order valence-electron chi connectivity index (χ0n) is 5.42. The largest absolute Gasteiger partial charge is 0.134 e. The maximum Gasteiger partial charge on any atom is 0.0570 e. The Morgan fingerprint density at radius 3 is 2.78 bits per heavy atom. The highest BCUT2D eigenvalue weighted by atomic mass is 32.2. The molecule has 0 unspecified atom stereocenters. The van der Waals surface area contributed by atoms with Gasteiger partial charge >= 0.3 is 0 Å². The molecule has 0 radical (unpaired) electrons. The summed E-state index contributed by atoms with van der Waals surface area (Å²) in [6, 6.07) is 4.20. The van der Waals surface area contributed by atoms with Gasteiger partial charge in [-0.2, -0.15) is 0 Å². The molecule has 50 valence electrons. The second kappa shape index (κ2) is 3.28. The highest BCUT2D eigenvalue weighted by Crippen LogP contribution is 2.20. The van der Waals surface area contributed by atoms with Crippen LogP contribution in [-0.2, 0) is 6.42 Å². The first-order valence-corrected chi connectivity index (χ1v) is 4.37. The highest BCUT2D eigenvalue weighted by molar-refractivity contribution is 7.82. The second-order valence-corrected chi connectivity index (χ2v) is 3.94. The molecule has 9 heavy (non-hydrogen) atoms. The van der Waals surface area contributed by atoms with Crippen LogP contribution in [0.2, 0.25) is 0 Å². The number of aryl methyl sites for hydroxylation is 1. The first-order chi connectivity index (χ1) is 4.33. The fraction of sp³-hybridized carbons (Fsp3) is 0.429. The Hall–Kier alpha value is 0.0500. The van der Waals surface area contributed by atoms with E-state index in [1.54, 1.807) is 11.3 Å². The monoisotopic (exact) mass is 158 g/mol. The van der Waals surface area contributed by atoms with Gasteiger partial charge in [0.05, 0.1) is 4.21 Å². The molecule has 1 rings (SSSR count). The minimum atomic E-state index is 1.12. The molecule has 0 saturated carbocycles. The van der Waals surface area contributed by atoms with Crippen molar-refractivity contribution in [1.82, 2.24) is 0 Å². The number of thiophene rings is 1. The van der Waals surface area contributed by atoms with Crippen molar-refractivity contribution in [3.63, 3.8) is 0 Å². The lowest BCUT2D eigenvalue weighted by Crippen LogP contribution is -1.71. The summed E-state index contributed by atoms with van der Waals surface area (Å²) < 4.78 is 1.12. The topological polar surface area (TPSA) is 0 Å². The van der Waals surface area contributed by atoms with Gasteiger partial charge in [-0.3, -0.25) is 0 Å². The highest BCUT2D eigenvalue weighted by Gasteiger charge is 1.92. The van der Waals surface area contributed by atoms with Crippen molar-refractivity contribution in [1.29, 1.82) is 0 Å². The van der Waals surface area contributed by atoms with Gasteiger partial charge in [0, 0.05) is 4.88 Å². The van der Waals surface area contributed by atoms with E-state index in [1.165, 1.54) is 17.7 Å². The standard InChI is InChI=1S/C7H10S2/c1-2-3-6-4-5-7(8)9-6/h4-5,8H,2-3H2,1H3. The minimum Gasteiger partial charge on any atom is -0.134 e. The maximum atomic E-state index is 4.22. The van der Waals surface area contributed by atoms with E-state index in [4.69, 9.17) is 0 Å². The Labute approximate surface area is 65.3 Å². The molecular weight excluding hydrogens is 148 g/mol. The molecular formula is C7H10S2. The summed E-state index contributed by atoms with van der Waals surface area (Å²) in [5.74, 6) is 0. The van der Waals surface area contributed by atoms with E-state index < -0.39 is 0 Å². The number of hydrogen-bond acceptors (Lipinski definition) is 2. The first-order valence-electron chi connectivity index (χ1n) is 3.10. The van der Waals surface area contributed by atoms with E-state index in [0.717, 1.165) is 4.21 Å². The Morgan fingerprint density at radius 2 is 2.33 bits per heavy atom. The van der Waals surface area contributed by atoms with Crippen LogP contribution in [0.5, 0.6) is 0 Å². The van der Waals surface area contributed by atoms with Crippen LogP contribution in [0.15, 0.2) is 16.3 Å². The summed E-state index contributed by atoms with van der Waals surface area (Å²) >= 11 is 5.99. The number of thiol groups is 1. The molecule has 0 aliphatic rings. The summed E-state index contributed by atoms with van der Waals surface area (Å²) in [5, 5.41) is 0. The predicted octanol–water partition coefficient (Wildman–Crippen LogP) is 2.99. The lowest BCUT2D eigenvalue weighted by atomic mass is 10.3. The molecule has 1 aromatic heterocycles. The van der Waals surface area contributed by atoms with Crippen molar-refractivity contribution in [3.8, 4) is 0 Å². The quantitative estimate of drug-likeness (QED) is 0.628. The lowest BCUT2D eigenvalue weighted by Gasteiger charge is -1.86. The molecule has 0 amide bonds. The first kappa shape index (κ1) is 7.16. The maximum absolute atomic E-state index is 4.22. The van der Waals surface area contributed by atoms with Crippen LogP contribution in [0.4, 0.5) is 0 Å². The van der Waals surface area contributed by atoms with E-state index in [9.17, 15) is 0 Å². The second-order valence-electron chi connectivity index (χ2n) is 1.99. The molecule has 1 heterocycles. The molecule has 0 nitrogen and oxygen atoms in total. The molecule has 0 atom stereocenters. The Morgan fingerprint density at radius 1 is 1.56 bits per heavy atom. The fourth-order valence-electron chi connectivity index (χ4n) is 0.747. The number of rotatable bonds is 2. The van der Waals surface area contributed by atoms with Crippen molar-refractivity contribution in [2.45, 2.75) is 24.0 Å². The Kier molecular flexibility index (Phi) is 2.61. The van der Waals surface area contributed by atoms with E-state index in [-0.39, 0.29) is 0 Å². The van der Waals surface area contributed by atoms with Gasteiger partial charge in [0.25, 0.3) is 0 Å². The van der Waals surface area contributed by atoms with Crippen LogP contribution >= 0.6 is 24.0 Å². The molecule has 0 bridgehead atoms. The van der Waals surface area contributed by atoms with Gasteiger partial charge in [-0.05, 0) is 18.6 Å². The van der Waals surface area contributed by atoms with Crippen LogP contribution in [-0.4, -0.2) is 0 Å². The van der Waals surface area contributed by atoms with Crippen molar-refractivity contribution in [2.75, 3.05) is 0 Å². The van der Waals surface area contributed by atoms with Crippen LogP contribution in [0.3, 0.4) is 0 Å². The van der Waals surface area contributed by atoms with Gasteiger partial charge in [0.1, 0.15) is 0 Å². The van der Waals surface area contributed by atoms with Crippen molar-refractivity contribution in [3.05, 3.63) is 17.0 Å². The average Bonchev–Trinajstić information content (AvgIpc) is 2.17. The van der Waals surface area contributed by atoms with Gasteiger partial charge < -0.3 is 0 Å². The van der Waals surface area contributed by atoms with E-state index in [0.29, 0.717) is 0 Å². The molecule has 0 aliphatic carbocycles. The van der Waals surface area contributed by atoms with Gasteiger partial charge in [-0.1, -0.05) is 13.3 Å². The van der Waals surface area contributed by atoms with E-state index in [1.807, 2.05) is 0 Å². The van der Waals surface area contributed by atoms with Crippen LogP contribution in [0, 0.1) is 0 Å². The average molecular weight is 158 g/mol. The Bertz CT molecular complexity index is 179. The normalized spacial score (nSPS) is 10.0. The molecule has 0 aromatic carbocycles. The third kappa shape index (κ3) is 2.03. The molecule has 0 fully saturated rings. The summed E-state index contributed by atoms with van der Waals surface area (Å²) in [6.07, 6.45) is 2.43. The summed E-state index contributed by atoms with van der Waals surface area (Å²) in [4.78, 5) is 1.45. The van der Waals surface area contributed by atoms with Crippen molar-refractivity contribution >= 4 is 24.0 Å². The van der Waals surface area contributed by atoms with Gasteiger partial charge in [0.15, 0.2) is 0 Å². The van der Waals surface area contributed by atoms with Gasteiger partial charge in [-0.25, -0.2) is 0 Å². The molecule has 0 saturated heterocycles. The van der Waals surface area contributed by atoms with E-state index in [2.05, 4.69) is 31.7 Å². The zero-order valence-corrected chi connectivity index (χ0v) is 7.14.